The Kier molecular flexibility index (Phi) is 3.75. The zero-order valence-electron chi connectivity index (χ0n) is 12.0. The number of H-pyrrole nitrogens is 1. The quantitative estimate of drug-likeness (QED) is 0.801. The number of amides is 1. The number of carbonyl (C=O) groups is 1. The van der Waals surface area contributed by atoms with Gasteiger partial charge in [0.2, 0.25) is 0 Å². The number of aliphatic hydroxyl groups excluding tert-OH is 1. The van der Waals surface area contributed by atoms with Gasteiger partial charge in [-0.25, -0.2) is 0 Å². The van der Waals surface area contributed by atoms with Crippen LogP contribution in [0.3, 0.4) is 0 Å². The van der Waals surface area contributed by atoms with Crippen molar-refractivity contribution in [3.63, 3.8) is 0 Å². The Balaban J connectivity index is 1.75. The van der Waals surface area contributed by atoms with Crippen molar-refractivity contribution in [2.75, 3.05) is 0 Å². The van der Waals surface area contributed by atoms with Gasteiger partial charge in [0.25, 0.3) is 5.91 Å². The maximum absolute atomic E-state index is 12.3. The Morgan fingerprint density at radius 1 is 1.48 bits per heavy atom. The molecule has 2 aromatic rings. The van der Waals surface area contributed by atoms with E-state index >= 15 is 0 Å². The lowest BCUT2D eigenvalue weighted by Gasteiger charge is -2.17. The first-order valence-corrected chi connectivity index (χ1v) is 7.30. The highest BCUT2D eigenvalue weighted by atomic mass is 16.3. The molecule has 0 bridgehead atoms. The summed E-state index contributed by atoms with van der Waals surface area (Å²) in [5.74, 6) is -0.255. The van der Waals surface area contributed by atoms with E-state index in [0.717, 1.165) is 29.7 Å². The van der Waals surface area contributed by atoms with Crippen molar-refractivity contribution in [2.45, 2.75) is 38.3 Å². The van der Waals surface area contributed by atoms with E-state index in [0.29, 0.717) is 12.1 Å². The number of benzene rings is 1. The van der Waals surface area contributed by atoms with Crippen molar-refractivity contribution < 1.29 is 9.90 Å². The third kappa shape index (κ3) is 2.69. The summed E-state index contributed by atoms with van der Waals surface area (Å²) in [6.45, 7) is 2.08. The molecule has 110 valence electrons. The minimum atomic E-state index is -0.583. The molecular formula is C16H19N3O2. The molecule has 0 unspecified atom stereocenters. The largest absolute Gasteiger partial charge is 0.390 e. The number of nitrogens with one attached hydrogen (secondary N) is 2. The number of nitrogens with zero attached hydrogens (tertiary/aromatic N) is 1. The second kappa shape index (κ2) is 5.69. The highest BCUT2D eigenvalue weighted by molar-refractivity contribution is 5.92. The molecule has 5 heteroatoms. The van der Waals surface area contributed by atoms with E-state index in [1.165, 1.54) is 0 Å². The minimum Gasteiger partial charge on any atom is -0.390 e. The average Bonchev–Trinajstić information content (AvgIpc) is 3.05. The summed E-state index contributed by atoms with van der Waals surface area (Å²) in [5.41, 5.74) is 3.40. The first-order valence-electron chi connectivity index (χ1n) is 7.30. The molecule has 2 atom stereocenters. The molecule has 0 saturated carbocycles. The molecule has 1 aromatic carbocycles. The molecular weight excluding hydrogens is 266 g/mol. The van der Waals surface area contributed by atoms with Gasteiger partial charge in [0.1, 0.15) is 5.69 Å². The molecule has 0 fully saturated rings. The first kappa shape index (κ1) is 13.8. The van der Waals surface area contributed by atoms with Gasteiger partial charge in [0.15, 0.2) is 0 Å². The summed E-state index contributed by atoms with van der Waals surface area (Å²) in [5, 5.41) is 19.9. The number of fused-ring (bicyclic) bond motifs is 1. The predicted molar refractivity (Wildman–Crippen MR) is 78.9 cm³/mol. The first-order chi connectivity index (χ1) is 10.2. The summed E-state index contributed by atoms with van der Waals surface area (Å²) in [6, 6.07) is 9.21. The highest BCUT2D eigenvalue weighted by Crippen LogP contribution is 2.31. The Labute approximate surface area is 123 Å². The van der Waals surface area contributed by atoms with Crippen molar-refractivity contribution in [1.29, 1.82) is 0 Å². The van der Waals surface area contributed by atoms with Crippen LogP contribution in [-0.4, -0.2) is 27.3 Å². The lowest BCUT2D eigenvalue weighted by molar-refractivity contribution is 0.0853. The van der Waals surface area contributed by atoms with Crippen molar-refractivity contribution in [3.05, 3.63) is 52.8 Å². The number of carbonyl (C=O) groups excluding carboxylic acids is 1. The fourth-order valence-corrected chi connectivity index (χ4v) is 2.84. The van der Waals surface area contributed by atoms with E-state index in [4.69, 9.17) is 0 Å². The molecule has 0 spiro atoms. The fraction of sp³-hybridized carbons (Fsp3) is 0.375. The number of aromatic nitrogens is 2. The van der Waals surface area contributed by atoms with Gasteiger partial charge in [-0.2, -0.15) is 5.10 Å². The van der Waals surface area contributed by atoms with Gasteiger partial charge in [-0.15, -0.1) is 0 Å². The number of aryl methyl sites for hydroxylation is 1. The van der Waals surface area contributed by atoms with Crippen LogP contribution in [0.1, 0.15) is 46.7 Å². The van der Waals surface area contributed by atoms with Crippen molar-refractivity contribution in [3.8, 4) is 0 Å². The van der Waals surface area contributed by atoms with Gasteiger partial charge in [0.05, 0.1) is 12.1 Å². The third-order valence-corrected chi connectivity index (χ3v) is 3.87. The van der Waals surface area contributed by atoms with Crippen LogP contribution in [0.4, 0.5) is 0 Å². The molecule has 1 heterocycles. The van der Waals surface area contributed by atoms with E-state index in [1.54, 1.807) is 6.07 Å². The number of hydrogen-bond acceptors (Lipinski definition) is 3. The lowest BCUT2D eigenvalue weighted by atomic mass is 10.1. The number of aliphatic hydroxyl groups is 1. The third-order valence-electron chi connectivity index (χ3n) is 3.87. The van der Waals surface area contributed by atoms with Crippen LogP contribution in [0.2, 0.25) is 0 Å². The molecule has 1 aromatic heterocycles. The van der Waals surface area contributed by atoms with Crippen LogP contribution in [0, 0.1) is 0 Å². The van der Waals surface area contributed by atoms with Crippen LogP contribution in [0.5, 0.6) is 0 Å². The number of hydrogen-bond donors (Lipinski definition) is 3. The molecule has 1 amide bonds. The Morgan fingerprint density at radius 3 is 3.10 bits per heavy atom. The van der Waals surface area contributed by atoms with Gasteiger partial charge in [-0.05, 0) is 23.6 Å². The van der Waals surface area contributed by atoms with E-state index in [2.05, 4.69) is 22.4 Å². The van der Waals surface area contributed by atoms with E-state index < -0.39 is 6.10 Å². The minimum absolute atomic E-state index is 0.255. The second-order valence-electron chi connectivity index (χ2n) is 5.45. The van der Waals surface area contributed by atoms with Gasteiger partial charge in [-0.3, -0.25) is 9.89 Å². The Morgan fingerprint density at radius 2 is 2.29 bits per heavy atom. The summed E-state index contributed by atoms with van der Waals surface area (Å²) in [6.07, 6.45) is 1.86. The number of aromatic amines is 1. The summed E-state index contributed by atoms with van der Waals surface area (Å²) < 4.78 is 0. The van der Waals surface area contributed by atoms with Crippen LogP contribution in [0.25, 0.3) is 0 Å². The standard InChI is InChI=1S/C16H19N3O2/c1-2-5-11-9-13(19-18-11)16(21)17-15-12-7-4-3-6-10(12)8-14(15)20/h3-4,6-7,9,14-15,20H,2,5,8H2,1H3,(H,17,21)(H,18,19)/t14-,15+/m0/s1. The van der Waals surface area contributed by atoms with Crippen molar-refractivity contribution >= 4 is 5.91 Å². The molecule has 3 N–H and O–H groups in total. The molecule has 3 rings (SSSR count). The Bertz CT molecular complexity index is 650. The fourth-order valence-electron chi connectivity index (χ4n) is 2.84. The SMILES string of the molecule is CCCc1cc(C(=O)N[C@@H]2c3ccccc3C[C@@H]2O)n[nH]1. The molecule has 1 aliphatic carbocycles. The lowest BCUT2D eigenvalue weighted by Crippen LogP contribution is -2.34. The second-order valence-corrected chi connectivity index (χ2v) is 5.45. The Hall–Kier alpha value is -2.14. The molecule has 0 radical (unpaired) electrons. The normalized spacial score (nSPS) is 20.3. The van der Waals surface area contributed by atoms with Crippen LogP contribution in [-0.2, 0) is 12.8 Å². The maximum atomic E-state index is 12.3. The van der Waals surface area contributed by atoms with Gasteiger partial charge < -0.3 is 10.4 Å². The monoisotopic (exact) mass is 285 g/mol. The number of rotatable bonds is 4. The van der Waals surface area contributed by atoms with Crippen molar-refractivity contribution in [1.82, 2.24) is 15.5 Å². The van der Waals surface area contributed by atoms with E-state index in [9.17, 15) is 9.90 Å². The van der Waals surface area contributed by atoms with Gasteiger partial charge >= 0.3 is 0 Å². The zero-order valence-corrected chi connectivity index (χ0v) is 12.0. The van der Waals surface area contributed by atoms with Crippen LogP contribution in [0.15, 0.2) is 30.3 Å². The zero-order chi connectivity index (χ0) is 14.8. The van der Waals surface area contributed by atoms with Gasteiger partial charge in [0, 0.05) is 12.1 Å². The maximum Gasteiger partial charge on any atom is 0.272 e. The summed E-state index contributed by atoms with van der Waals surface area (Å²) >= 11 is 0. The molecule has 0 aliphatic heterocycles. The summed E-state index contributed by atoms with van der Waals surface area (Å²) in [7, 11) is 0. The van der Waals surface area contributed by atoms with Crippen LogP contribution < -0.4 is 5.32 Å². The highest BCUT2D eigenvalue weighted by Gasteiger charge is 2.32. The van der Waals surface area contributed by atoms with E-state index in [-0.39, 0.29) is 11.9 Å². The van der Waals surface area contributed by atoms with Crippen LogP contribution >= 0.6 is 0 Å². The van der Waals surface area contributed by atoms with E-state index in [1.807, 2.05) is 24.3 Å². The summed E-state index contributed by atoms with van der Waals surface area (Å²) in [4.78, 5) is 12.3. The molecule has 5 nitrogen and oxygen atoms in total. The smallest absolute Gasteiger partial charge is 0.272 e. The molecule has 21 heavy (non-hydrogen) atoms. The van der Waals surface area contributed by atoms with Crippen molar-refractivity contribution in [2.24, 2.45) is 0 Å². The predicted octanol–water partition coefficient (Wildman–Crippen LogP) is 1.75. The average molecular weight is 285 g/mol. The molecule has 1 aliphatic rings. The topological polar surface area (TPSA) is 78.0 Å². The molecule has 0 saturated heterocycles. The van der Waals surface area contributed by atoms with Gasteiger partial charge in [-0.1, -0.05) is 37.6 Å².